The molecule has 0 radical (unpaired) electrons. The molecule has 0 aliphatic rings. The molecule has 4 nitrogen and oxygen atoms in total. The maximum atomic E-state index is 12.0. The fourth-order valence-corrected chi connectivity index (χ4v) is 2.78. The SMILES string of the molecule is Cc1ccsc1NC(=O)Nc1ccnc2ccccc12. The highest BCUT2D eigenvalue weighted by Crippen LogP contribution is 2.24. The van der Waals surface area contributed by atoms with Crippen LogP contribution < -0.4 is 10.6 Å². The van der Waals surface area contributed by atoms with Gasteiger partial charge in [0, 0.05) is 11.6 Å². The van der Waals surface area contributed by atoms with E-state index in [4.69, 9.17) is 0 Å². The van der Waals surface area contributed by atoms with Gasteiger partial charge in [0.15, 0.2) is 0 Å². The molecule has 0 aliphatic carbocycles. The summed E-state index contributed by atoms with van der Waals surface area (Å²) in [5.74, 6) is 0. The van der Waals surface area contributed by atoms with Gasteiger partial charge in [-0.2, -0.15) is 0 Å². The number of pyridine rings is 1. The highest BCUT2D eigenvalue weighted by atomic mass is 32.1. The number of aryl methyl sites for hydroxylation is 1. The quantitative estimate of drug-likeness (QED) is 0.738. The van der Waals surface area contributed by atoms with Gasteiger partial charge < -0.3 is 5.32 Å². The predicted molar refractivity (Wildman–Crippen MR) is 83.4 cm³/mol. The molecule has 0 spiro atoms. The lowest BCUT2D eigenvalue weighted by Crippen LogP contribution is -2.19. The third kappa shape index (κ3) is 2.48. The topological polar surface area (TPSA) is 54.0 Å². The highest BCUT2D eigenvalue weighted by Gasteiger charge is 2.08. The van der Waals surface area contributed by atoms with Crippen LogP contribution in [-0.2, 0) is 0 Å². The molecule has 20 heavy (non-hydrogen) atoms. The Labute approximate surface area is 120 Å². The number of nitrogens with one attached hydrogen (secondary N) is 2. The average molecular weight is 283 g/mol. The molecule has 3 rings (SSSR count). The van der Waals surface area contributed by atoms with E-state index in [0.717, 1.165) is 27.2 Å². The maximum Gasteiger partial charge on any atom is 0.324 e. The summed E-state index contributed by atoms with van der Waals surface area (Å²) in [7, 11) is 0. The van der Waals surface area contributed by atoms with Gasteiger partial charge in [-0.15, -0.1) is 11.3 Å². The molecule has 2 N–H and O–H groups in total. The summed E-state index contributed by atoms with van der Waals surface area (Å²) in [4.78, 5) is 16.3. The second kappa shape index (κ2) is 5.30. The van der Waals surface area contributed by atoms with Gasteiger partial charge in [-0.25, -0.2) is 4.79 Å². The van der Waals surface area contributed by atoms with Crippen molar-refractivity contribution in [3.63, 3.8) is 0 Å². The van der Waals surface area contributed by atoms with Crippen molar-refractivity contribution in [2.45, 2.75) is 6.92 Å². The summed E-state index contributed by atoms with van der Waals surface area (Å²) >= 11 is 1.51. The molecule has 0 saturated carbocycles. The van der Waals surface area contributed by atoms with Gasteiger partial charge >= 0.3 is 6.03 Å². The number of benzene rings is 1. The van der Waals surface area contributed by atoms with E-state index in [9.17, 15) is 4.79 Å². The van der Waals surface area contributed by atoms with Crippen molar-refractivity contribution in [3.8, 4) is 0 Å². The molecule has 0 fully saturated rings. The standard InChI is InChI=1S/C15H13N3OS/c1-10-7-9-20-14(10)18-15(19)17-13-6-8-16-12-5-3-2-4-11(12)13/h2-9H,1H3,(H2,16,17,18,19). The molecule has 2 amide bonds. The van der Waals surface area contributed by atoms with Gasteiger partial charge in [0.05, 0.1) is 16.2 Å². The number of fused-ring (bicyclic) bond motifs is 1. The smallest absolute Gasteiger partial charge is 0.307 e. The molecular formula is C15H13N3OS. The van der Waals surface area contributed by atoms with Crippen LogP contribution in [0.15, 0.2) is 48.0 Å². The monoisotopic (exact) mass is 283 g/mol. The molecule has 0 atom stereocenters. The minimum absolute atomic E-state index is 0.244. The number of carbonyl (C=O) groups is 1. The van der Waals surface area contributed by atoms with Crippen LogP contribution >= 0.6 is 11.3 Å². The van der Waals surface area contributed by atoms with Crippen molar-refractivity contribution in [3.05, 3.63) is 53.5 Å². The van der Waals surface area contributed by atoms with E-state index < -0.39 is 0 Å². The third-order valence-electron chi connectivity index (χ3n) is 2.99. The number of thiophene rings is 1. The van der Waals surface area contributed by atoms with Crippen molar-refractivity contribution in [2.75, 3.05) is 10.6 Å². The number of anilines is 2. The molecule has 5 heteroatoms. The Morgan fingerprint density at radius 2 is 2.00 bits per heavy atom. The number of aromatic nitrogens is 1. The first-order chi connectivity index (χ1) is 9.74. The van der Waals surface area contributed by atoms with E-state index in [2.05, 4.69) is 15.6 Å². The zero-order chi connectivity index (χ0) is 13.9. The Morgan fingerprint density at radius 3 is 2.80 bits per heavy atom. The number of para-hydroxylation sites is 1. The van der Waals surface area contributed by atoms with E-state index in [1.807, 2.05) is 42.6 Å². The molecule has 2 aromatic heterocycles. The van der Waals surface area contributed by atoms with E-state index in [1.165, 1.54) is 11.3 Å². The van der Waals surface area contributed by atoms with Crippen molar-refractivity contribution in [2.24, 2.45) is 0 Å². The molecule has 0 bridgehead atoms. The summed E-state index contributed by atoms with van der Waals surface area (Å²) in [6.07, 6.45) is 1.69. The Bertz CT molecular complexity index is 761. The minimum Gasteiger partial charge on any atom is -0.307 e. The van der Waals surface area contributed by atoms with Crippen molar-refractivity contribution in [1.82, 2.24) is 4.98 Å². The molecular weight excluding hydrogens is 270 g/mol. The Morgan fingerprint density at radius 1 is 1.15 bits per heavy atom. The van der Waals surface area contributed by atoms with Gasteiger partial charge in [-0.3, -0.25) is 10.3 Å². The van der Waals surface area contributed by atoms with Crippen LogP contribution in [0.5, 0.6) is 0 Å². The zero-order valence-corrected chi connectivity index (χ0v) is 11.7. The summed E-state index contributed by atoms with van der Waals surface area (Å²) in [5.41, 5.74) is 2.67. The van der Waals surface area contributed by atoms with E-state index in [-0.39, 0.29) is 6.03 Å². The molecule has 3 aromatic rings. The molecule has 0 saturated heterocycles. The first-order valence-electron chi connectivity index (χ1n) is 6.20. The first-order valence-corrected chi connectivity index (χ1v) is 7.08. The summed E-state index contributed by atoms with van der Waals surface area (Å²) in [5, 5.41) is 9.46. The van der Waals surface area contributed by atoms with Crippen LogP contribution in [-0.4, -0.2) is 11.0 Å². The summed E-state index contributed by atoms with van der Waals surface area (Å²) < 4.78 is 0. The first kappa shape index (κ1) is 12.6. The number of amides is 2. The maximum absolute atomic E-state index is 12.0. The van der Waals surface area contributed by atoms with Gasteiger partial charge in [0.2, 0.25) is 0 Å². The van der Waals surface area contributed by atoms with E-state index in [0.29, 0.717) is 0 Å². The van der Waals surface area contributed by atoms with Gasteiger partial charge in [0.25, 0.3) is 0 Å². The van der Waals surface area contributed by atoms with Gasteiger partial charge in [-0.1, -0.05) is 18.2 Å². The Balaban J connectivity index is 1.83. The lowest BCUT2D eigenvalue weighted by atomic mass is 10.2. The number of hydrogen-bond acceptors (Lipinski definition) is 3. The number of rotatable bonds is 2. The summed E-state index contributed by atoms with van der Waals surface area (Å²) in [6.45, 7) is 1.97. The highest BCUT2D eigenvalue weighted by molar-refractivity contribution is 7.14. The largest absolute Gasteiger partial charge is 0.324 e. The minimum atomic E-state index is -0.244. The van der Waals surface area contributed by atoms with Crippen molar-refractivity contribution in [1.29, 1.82) is 0 Å². The fraction of sp³-hybridized carbons (Fsp3) is 0.0667. The van der Waals surface area contributed by atoms with Gasteiger partial charge in [0.1, 0.15) is 0 Å². The van der Waals surface area contributed by atoms with Crippen LogP contribution in [0.3, 0.4) is 0 Å². The molecule has 1 aromatic carbocycles. The van der Waals surface area contributed by atoms with Gasteiger partial charge in [-0.05, 0) is 36.1 Å². The second-order valence-corrected chi connectivity index (χ2v) is 5.30. The van der Waals surface area contributed by atoms with Crippen molar-refractivity contribution < 1.29 is 4.79 Å². The van der Waals surface area contributed by atoms with Crippen LogP contribution in [0.25, 0.3) is 10.9 Å². The number of urea groups is 1. The number of nitrogens with zero attached hydrogens (tertiary/aromatic N) is 1. The third-order valence-corrected chi connectivity index (χ3v) is 3.92. The van der Waals surface area contributed by atoms with E-state index in [1.54, 1.807) is 12.3 Å². The van der Waals surface area contributed by atoms with Crippen molar-refractivity contribution >= 4 is 39.0 Å². The summed E-state index contributed by atoms with van der Waals surface area (Å²) in [6, 6.07) is 11.2. The average Bonchev–Trinajstić information content (AvgIpc) is 2.85. The lowest BCUT2D eigenvalue weighted by molar-refractivity contribution is 0.262. The Hall–Kier alpha value is -2.40. The predicted octanol–water partition coefficient (Wildman–Crippen LogP) is 4.25. The van der Waals surface area contributed by atoms with E-state index >= 15 is 0 Å². The number of hydrogen-bond donors (Lipinski definition) is 2. The molecule has 0 aliphatic heterocycles. The molecule has 100 valence electrons. The van der Waals surface area contributed by atoms with Crippen LogP contribution in [0.1, 0.15) is 5.56 Å². The zero-order valence-electron chi connectivity index (χ0n) is 10.9. The number of carbonyl (C=O) groups excluding carboxylic acids is 1. The Kier molecular flexibility index (Phi) is 3.35. The lowest BCUT2D eigenvalue weighted by Gasteiger charge is -2.09. The molecule has 2 heterocycles. The second-order valence-electron chi connectivity index (χ2n) is 4.39. The molecule has 0 unspecified atom stereocenters. The fourth-order valence-electron chi connectivity index (χ4n) is 1.96. The normalized spacial score (nSPS) is 10.4. The van der Waals surface area contributed by atoms with Crippen LogP contribution in [0.2, 0.25) is 0 Å². The van der Waals surface area contributed by atoms with Crippen LogP contribution in [0.4, 0.5) is 15.5 Å². The van der Waals surface area contributed by atoms with Crippen LogP contribution in [0, 0.1) is 6.92 Å².